The summed E-state index contributed by atoms with van der Waals surface area (Å²) in [7, 11) is 0. The molecule has 3 aromatic rings. The minimum atomic E-state index is -0.310. The number of hydrogen-bond donors (Lipinski definition) is 3. The zero-order valence-electron chi connectivity index (χ0n) is 13.6. The van der Waals surface area contributed by atoms with Crippen molar-refractivity contribution >= 4 is 34.2 Å². The lowest BCUT2D eigenvalue weighted by atomic mass is 10.1. The van der Waals surface area contributed by atoms with Crippen molar-refractivity contribution in [1.29, 1.82) is 0 Å². The molecule has 0 aliphatic rings. The molecule has 1 aromatic heterocycles. The summed E-state index contributed by atoms with van der Waals surface area (Å²) < 4.78 is 5.55. The number of anilines is 1. The number of fused-ring (bicyclic) bond motifs is 1. The molecule has 0 atom stereocenters. The average molecular weight is 335 g/mol. The molecule has 0 saturated carbocycles. The Morgan fingerprint density at radius 3 is 2.44 bits per heavy atom. The lowest BCUT2D eigenvalue weighted by Crippen LogP contribution is -2.22. The molecule has 0 bridgehead atoms. The van der Waals surface area contributed by atoms with Crippen LogP contribution in [0.4, 0.5) is 5.69 Å². The first-order valence-electron chi connectivity index (χ1n) is 7.56. The maximum atomic E-state index is 12.3. The van der Waals surface area contributed by atoms with E-state index >= 15 is 0 Å². The summed E-state index contributed by atoms with van der Waals surface area (Å²) in [5, 5.41) is 11.2. The monoisotopic (exact) mass is 335 g/mol. The molecule has 1 amide bonds. The van der Waals surface area contributed by atoms with Crippen LogP contribution in [0, 0.1) is 0 Å². The Bertz CT molecular complexity index is 934. The van der Waals surface area contributed by atoms with Gasteiger partial charge in [-0.3, -0.25) is 4.79 Å². The third-order valence-electron chi connectivity index (χ3n) is 3.53. The van der Waals surface area contributed by atoms with Crippen LogP contribution in [0.25, 0.3) is 11.0 Å². The Labute approximate surface area is 144 Å². The van der Waals surface area contributed by atoms with E-state index in [2.05, 4.69) is 15.5 Å². The number of carbonyl (C=O) groups is 1. The number of rotatable bonds is 4. The fourth-order valence-electron chi connectivity index (χ4n) is 2.27. The summed E-state index contributed by atoms with van der Waals surface area (Å²) in [6.45, 7) is 1.79. The van der Waals surface area contributed by atoms with E-state index in [-0.39, 0.29) is 17.6 Å². The van der Waals surface area contributed by atoms with Gasteiger partial charge >= 0.3 is 0 Å². The highest BCUT2D eigenvalue weighted by molar-refractivity contribution is 6.05. The number of guanidine groups is 1. The molecule has 7 nitrogen and oxygen atoms in total. The second-order valence-electron chi connectivity index (χ2n) is 5.39. The molecule has 126 valence electrons. The van der Waals surface area contributed by atoms with Crippen LogP contribution in [0.15, 0.2) is 69.2 Å². The summed E-state index contributed by atoms with van der Waals surface area (Å²) >= 11 is 0. The van der Waals surface area contributed by atoms with Gasteiger partial charge in [-0.15, -0.1) is 5.10 Å². The van der Waals surface area contributed by atoms with Gasteiger partial charge in [0.2, 0.25) is 5.96 Å². The Morgan fingerprint density at radius 2 is 1.76 bits per heavy atom. The number of para-hydroxylation sites is 1. The van der Waals surface area contributed by atoms with Gasteiger partial charge in [0.1, 0.15) is 5.58 Å². The van der Waals surface area contributed by atoms with Crippen LogP contribution in [0.5, 0.6) is 0 Å². The summed E-state index contributed by atoms with van der Waals surface area (Å²) in [4.78, 5) is 12.3. The number of carbonyl (C=O) groups excluding carboxylic acids is 1. The van der Waals surface area contributed by atoms with Crippen LogP contribution in [0.3, 0.4) is 0 Å². The normalized spacial score (nSPS) is 11.3. The van der Waals surface area contributed by atoms with Crippen LogP contribution < -0.4 is 16.8 Å². The minimum absolute atomic E-state index is 0.103. The number of nitrogens with zero attached hydrogens (tertiary/aromatic N) is 2. The average Bonchev–Trinajstić information content (AvgIpc) is 3.04. The first-order chi connectivity index (χ1) is 12.0. The van der Waals surface area contributed by atoms with Crippen molar-refractivity contribution in [1.82, 2.24) is 0 Å². The molecular formula is C18H17N5O2. The molecule has 3 rings (SSSR count). The first kappa shape index (κ1) is 16.3. The van der Waals surface area contributed by atoms with Crippen molar-refractivity contribution in [2.75, 3.05) is 5.32 Å². The van der Waals surface area contributed by atoms with Crippen molar-refractivity contribution in [3.8, 4) is 0 Å². The highest BCUT2D eigenvalue weighted by atomic mass is 16.3. The standard InChI is InChI=1S/C18H17N5O2/c1-11(22-23-18(19)20)12-6-8-14(9-7-12)21-17(24)16-10-13-4-2-3-5-15(13)25-16/h2-10H,1H3,(H,21,24)(H4,19,20,23). The molecule has 7 heteroatoms. The maximum absolute atomic E-state index is 12.3. The Morgan fingerprint density at radius 1 is 1.04 bits per heavy atom. The third kappa shape index (κ3) is 3.84. The van der Waals surface area contributed by atoms with Crippen molar-refractivity contribution < 1.29 is 9.21 Å². The van der Waals surface area contributed by atoms with Gasteiger partial charge in [0.05, 0.1) is 5.71 Å². The number of hydrogen-bond acceptors (Lipinski definition) is 4. The zero-order chi connectivity index (χ0) is 17.8. The van der Waals surface area contributed by atoms with E-state index in [4.69, 9.17) is 15.9 Å². The Kier molecular flexibility index (Phi) is 4.47. The number of benzene rings is 2. The lowest BCUT2D eigenvalue weighted by Gasteiger charge is -2.04. The molecule has 0 spiro atoms. The minimum Gasteiger partial charge on any atom is -0.451 e. The number of furan rings is 1. The fraction of sp³-hybridized carbons (Fsp3) is 0.0556. The molecule has 0 aliphatic heterocycles. The summed E-state index contributed by atoms with van der Waals surface area (Å²) in [5.41, 5.74) is 13.3. The van der Waals surface area contributed by atoms with Gasteiger partial charge in [0.15, 0.2) is 5.76 Å². The van der Waals surface area contributed by atoms with Gasteiger partial charge in [-0.25, -0.2) is 0 Å². The van der Waals surface area contributed by atoms with Gasteiger partial charge in [-0.2, -0.15) is 5.10 Å². The lowest BCUT2D eigenvalue weighted by molar-refractivity contribution is 0.0998. The van der Waals surface area contributed by atoms with Crippen LogP contribution in [-0.4, -0.2) is 17.6 Å². The van der Waals surface area contributed by atoms with Crippen molar-refractivity contribution in [2.45, 2.75) is 6.92 Å². The summed E-state index contributed by atoms with van der Waals surface area (Å²) in [6.07, 6.45) is 0. The molecule has 0 unspecified atom stereocenters. The van der Waals surface area contributed by atoms with Gasteiger partial charge in [0.25, 0.3) is 5.91 Å². The van der Waals surface area contributed by atoms with Gasteiger partial charge in [-0.05, 0) is 36.8 Å². The smallest absolute Gasteiger partial charge is 0.291 e. The highest BCUT2D eigenvalue weighted by Crippen LogP contribution is 2.20. The number of amides is 1. The molecule has 25 heavy (non-hydrogen) atoms. The molecule has 0 aliphatic carbocycles. The van der Waals surface area contributed by atoms with Crippen molar-refractivity contribution in [2.24, 2.45) is 21.7 Å². The second kappa shape index (κ2) is 6.88. The van der Waals surface area contributed by atoms with Gasteiger partial charge in [0, 0.05) is 11.1 Å². The Hall–Kier alpha value is -3.61. The van der Waals surface area contributed by atoms with Crippen LogP contribution in [-0.2, 0) is 0 Å². The Balaban J connectivity index is 1.73. The second-order valence-corrected chi connectivity index (χ2v) is 5.39. The van der Waals surface area contributed by atoms with Gasteiger partial charge < -0.3 is 21.2 Å². The molecule has 1 heterocycles. The maximum Gasteiger partial charge on any atom is 0.291 e. The summed E-state index contributed by atoms with van der Waals surface area (Å²) in [6, 6.07) is 16.3. The molecular weight excluding hydrogens is 318 g/mol. The van der Waals surface area contributed by atoms with Crippen molar-refractivity contribution in [3.05, 3.63) is 65.9 Å². The van der Waals surface area contributed by atoms with Crippen LogP contribution in [0.1, 0.15) is 23.0 Å². The quantitative estimate of drug-likeness (QED) is 0.386. The van der Waals surface area contributed by atoms with Crippen molar-refractivity contribution in [3.63, 3.8) is 0 Å². The first-order valence-corrected chi connectivity index (χ1v) is 7.56. The highest BCUT2D eigenvalue weighted by Gasteiger charge is 2.12. The third-order valence-corrected chi connectivity index (χ3v) is 3.53. The number of nitrogens with two attached hydrogens (primary N) is 2. The van der Waals surface area contributed by atoms with E-state index in [1.807, 2.05) is 36.4 Å². The molecule has 0 radical (unpaired) electrons. The molecule has 0 saturated heterocycles. The van der Waals surface area contributed by atoms with E-state index < -0.39 is 0 Å². The molecule has 2 aromatic carbocycles. The number of nitrogens with one attached hydrogen (secondary N) is 1. The van der Waals surface area contributed by atoms with E-state index in [1.54, 1.807) is 25.1 Å². The van der Waals surface area contributed by atoms with E-state index in [9.17, 15) is 4.79 Å². The zero-order valence-corrected chi connectivity index (χ0v) is 13.6. The van der Waals surface area contributed by atoms with E-state index in [1.165, 1.54) is 0 Å². The van der Waals surface area contributed by atoms with Gasteiger partial charge in [-0.1, -0.05) is 30.3 Å². The predicted molar refractivity (Wildman–Crippen MR) is 98.6 cm³/mol. The largest absolute Gasteiger partial charge is 0.451 e. The molecule has 5 N–H and O–H groups in total. The topological polar surface area (TPSA) is 119 Å². The van der Waals surface area contributed by atoms with Crippen LogP contribution in [0.2, 0.25) is 0 Å². The SMILES string of the molecule is CC(=NN=C(N)N)c1ccc(NC(=O)c2cc3ccccc3o2)cc1. The van der Waals surface area contributed by atoms with E-state index in [0.29, 0.717) is 17.0 Å². The van der Waals surface area contributed by atoms with Crippen LogP contribution >= 0.6 is 0 Å². The fourth-order valence-corrected chi connectivity index (χ4v) is 2.27. The molecule has 0 fully saturated rings. The summed E-state index contributed by atoms with van der Waals surface area (Å²) in [5.74, 6) is -0.153. The van der Waals surface area contributed by atoms with E-state index in [0.717, 1.165) is 10.9 Å². The predicted octanol–water partition coefficient (Wildman–Crippen LogP) is 2.68.